The van der Waals surface area contributed by atoms with Gasteiger partial charge in [0.25, 0.3) is 0 Å². The van der Waals surface area contributed by atoms with Gasteiger partial charge >= 0.3 is 0 Å². The number of halogens is 1. The molecule has 0 saturated heterocycles. The molecule has 5 heteroatoms. The Kier molecular flexibility index (Phi) is 3.24. The first-order valence-electron chi connectivity index (χ1n) is 6.21. The van der Waals surface area contributed by atoms with Crippen molar-refractivity contribution in [2.24, 2.45) is 7.05 Å². The number of carbonyl (C=O) groups is 1. The van der Waals surface area contributed by atoms with Gasteiger partial charge in [-0.2, -0.15) is 5.10 Å². The quantitative estimate of drug-likeness (QED) is 0.864. The van der Waals surface area contributed by atoms with Crippen molar-refractivity contribution in [1.29, 1.82) is 0 Å². The minimum atomic E-state index is -0.281. The van der Waals surface area contributed by atoms with Gasteiger partial charge in [-0.25, -0.2) is 0 Å². The number of carbonyl (C=O) groups excluding carboxylic acids is 1. The van der Waals surface area contributed by atoms with E-state index in [1.807, 2.05) is 18.2 Å². The highest BCUT2D eigenvalue weighted by Gasteiger charge is 2.29. The van der Waals surface area contributed by atoms with Gasteiger partial charge in [0.2, 0.25) is 5.78 Å². The average Bonchev–Trinajstić information content (AvgIpc) is 2.77. The Morgan fingerprint density at radius 1 is 1.47 bits per heavy atom. The molecule has 1 aliphatic rings. The number of benzene rings is 1. The van der Waals surface area contributed by atoms with E-state index in [4.69, 9.17) is 0 Å². The molecule has 2 heterocycles. The molecule has 1 aliphatic heterocycles. The van der Waals surface area contributed by atoms with Crippen molar-refractivity contribution in [3.63, 3.8) is 0 Å². The third kappa shape index (κ3) is 2.13. The summed E-state index contributed by atoms with van der Waals surface area (Å²) in [5.74, 6) is 0.0547. The van der Waals surface area contributed by atoms with E-state index in [1.165, 1.54) is 5.56 Å². The Morgan fingerprint density at radius 3 is 3.00 bits per heavy atom. The van der Waals surface area contributed by atoms with E-state index in [1.54, 1.807) is 17.9 Å². The molecule has 0 amide bonds. The fourth-order valence-electron chi connectivity index (χ4n) is 2.56. The zero-order chi connectivity index (χ0) is 13.4. The second-order valence-corrected chi connectivity index (χ2v) is 5.52. The number of fused-ring (bicyclic) bond motifs is 1. The molecule has 1 aromatic carbocycles. The van der Waals surface area contributed by atoms with E-state index in [2.05, 4.69) is 32.4 Å². The maximum atomic E-state index is 12.7. The Morgan fingerprint density at radius 2 is 2.26 bits per heavy atom. The van der Waals surface area contributed by atoms with Gasteiger partial charge in [-0.1, -0.05) is 24.3 Å². The van der Waals surface area contributed by atoms with Crippen molar-refractivity contribution in [1.82, 2.24) is 15.1 Å². The molecule has 1 unspecified atom stereocenters. The summed E-state index contributed by atoms with van der Waals surface area (Å²) < 4.78 is 2.36. The normalized spacial score (nSPS) is 18.1. The van der Waals surface area contributed by atoms with Crippen molar-refractivity contribution in [3.05, 3.63) is 51.8 Å². The topological polar surface area (TPSA) is 46.9 Å². The van der Waals surface area contributed by atoms with Crippen LogP contribution in [0.4, 0.5) is 0 Å². The summed E-state index contributed by atoms with van der Waals surface area (Å²) in [6, 6.07) is 7.83. The summed E-state index contributed by atoms with van der Waals surface area (Å²) in [7, 11) is 1.78. The lowest BCUT2D eigenvalue weighted by molar-refractivity contribution is 0.0929. The Balaban J connectivity index is 2.03. The number of rotatable bonds is 2. The monoisotopic (exact) mass is 319 g/mol. The molecule has 1 N–H and O–H groups in total. The first-order valence-corrected chi connectivity index (χ1v) is 7.00. The van der Waals surface area contributed by atoms with E-state index in [0.29, 0.717) is 5.69 Å². The van der Waals surface area contributed by atoms with Gasteiger partial charge in [0.05, 0.1) is 16.7 Å². The molecule has 0 radical (unpaired) electrons. The van der Waals surface area contributed by atoms with E-state index in [0.717, 1.165) is 23.0 Å². The van der Waals surface area contributed by atoms with Crippen molar-refractivity contribution in [3.8, 4) is 0 Å². The number of hydrogen-bond acceptors (Lipinski definition) is 3. The highest BCUT2D eigenvalue weighted by Crippen LogP contribution is 2.28. The first-order chi connectivity index (χ1) is 9.18. The highest BCUT2D eigenvalue weighted by atomic mass is 79.9. The van der Waals surface area contributed by atoms with Crippen LogP contribution < -0.4 is 5.32 Å². The summed E-state index contributed by atoms with van der Waals surface area (Å²) in [4.78, 5) is 12.7. The van der Waals surface area contributed by atoms with Crippen LogP contribution in [-0.2, 0) is 13.5 Å². The van der Waals surface area contributed by atoms with Crippen LogP contribution in [0.5, 0.6) is 0 Å². The van der Waals surface area contributed by atoms with Crippen LogP contribution in [0.3, 0.4) is 0 Å². The van der Waals surface area contributed by atoms with Gasteiger partial charge in [-0.15, -0.1) is 0 Å². The van der Waals surface area contributed by atoms with Gasteiger partial charge in [-0.05, 0) is 33.5 Å². The van der Waals surface area contributed by atoms with Gasteiger partial charge < -0.3 is 5.32 Å². The van der Waals surface area contributed by atoms with Gasteiger partial charge in [0.1, 0.15) is 5.69 Å². The van der Waals surface area contributed by atoms with Crippen molar-refractivity contribution >= 4 is 21.7 Å². The SMILES string of the molecule is Cn1ncc(Br)c1C(=O)C1NCCc2ccccc21. The highest BCUT2D eigenvalue weighted by molar-refractivity contribution is 9.10. The van der Waals surface area contributed by atoms with E-state index in [9.17, 15) is 4.79 Å². The zero-order valence-corrected chi connectivity index (χ0v) is 12.1. The number of nitrogens with one attached hydrogen (secondary N) is 1. The van der Waals surface area contributed by atoms with E-state index < -0.39 is 0 Å². The molecule has 19 heavy (non-hydrogen) atoms. The average molecular weight is 320 g/mol. The van der Waals surface area contributed by atoms with Crippen LogP contribution in [0.1, 0.15) is 27.7 Å². The molecule has 0 aliphatic carbocycles. The molecule has 1 aromatic heterocycles. The van der Waals surface area contributed by atoms with Crippen LogP contribution in [0.2, 0.25) is 0 Å². The van der Waals surface area contributed by atoms with Crippen LogP contribution in [0.15, 0.2) is 34.9 Å². The molecule has 1 atom stereocenters. The summed E-state index contributed by atoms with van der Waals surface area (Å²) in [6.45, 7) is 0.822. The van der Waals surface area contributed by atoms with Crippen molar-refractivity contribution in [2.45, 2.75) is 12.5 Å². The second-order valence-electron chi connectivity index (χ2n) is 4.66. The molecule has 98 valence electrons. The maximum Gasteiger partial charge on any atom is 0.203 e. The third-order valence-corrected chi connectivity index (χ3v) is 4.08. The molecule has 4 nitrogen and oxygen atoms in total. The lowest BCUT2D eigenvalue weighted by atomic mass is 9.91. The van der Waals surface area contributed by atoms with Crippen molar-refractivity contribution in [2.75, 3.05) is 6.54 Å². The molecule has 3 rings (SSSR count). The Labute approximate surface area is 119 Å². The Hall–Kier alpha value is -1.46. The molecule has 2 aromatic rings. The molecular formula is C14H14BrN3O. The summed E-state index contributed by atoms with van der Waals surface area (Å²) >= 11 is 3.39. The van der Waals surface area contributed by atoms with Crippen LogP contribution in [-0.4, -0.2) is 22.1 Å². The lowest BCUT2D eigenvalue weighted by Crippen LogP contribution is -2.36. The number of nitrogens with zero attached hydrogens (tertiary/aromatic N) is 2. The molecular weight excluding hydrogens is 306 g/mol. The van der Waals surface area contributed by atoms with E-state index >= 15 is 0 Å². The number of hydrogen-bond donors (Lipinski definition) is 1. The van der Waals surface area contributed by atoms with Gasteiger partial charge in [0, 0.05) is 13.6 Å². The minimum absolute atomic E-state index is 0.0547. The number of aromatic nitrogens is 2. The molecule has 0 bridgehead atoms. The van der Waals surface area contributed by atoms with Gasteiger partial charge in [-0.3, -0.25) is 9.48 Å². The minimum Gasteiger partial charge on any atom is -0.303 e. The predicted octanol–water partition coefficient (Wildman–Crippen LogP) is 2.25. The van der Waals surface area contributed by atoms with Crippen LogP contribution >= 0.6 is 15.9 Å². The summed E-state index contributed by atoms with van der Waals surface area (Å²) in [6.07, 6.45) is 2.62. The lowest BCUT2D eigenvalue weighted by Gasteiger charge is -2.25. The standard InChI is InChI=1S/C14H14BrN3O/c1-18-13(11(15)8-17-18)14(19)12-10-5-3-2-4-9(10)6-7-16-12/h2-5,8,12,16H,6-7H2,1H3. The summed E-state index contributed by atoms with van der Waals surface area (Å²) in [5.41, 5.74) is 2.93. The third-order valence-electron chi connectivity index (χ3n) is 3.50. The number of ketones is 1. The fraction of sp³-hybridized carbons (Fsp3) is 0.286. The summed E-state index contributed by atoms with van der Waals surface area (Å²) in [5, 5.41) is 7.42. The largest absolute Gasteiger partial charge is 0.303 e. The molecule has 0 fully saturated rings. The zero-order valence-electron chi connectivity index (χ0n) is 10.6. The van der Waals surface area contributed by atoms with Crippen LogP contribution in [0, 0.1) is 0 Å². The van der Waals surface area contributed by atoms with Crippen molar-refractivity contribution < 1.29 is 4.79 Å². The Bertz CT molecular complexity index is 616. The molecule has 0 saturated carbocycles. The van der Waals surface area contributed by atoms with E-state index in [-0.39, 0.29) is 11.8 Å². The predicted molar refractivity (Wildman–Crippen MR) is 76.1 cm³/mol. The fourth-order valence-corrected chi connectivity index (χ4v) is 3.11. The number of Topliss-reactive ketones (excluding diaryl/α,β-unsaturated/α-hetero) is 1. The maximum absolute atomic E-state index is 12.7. The number of aryl methyl sites for hydroxylation is 1. The van der Waals surface area contributed by atoms with Gasteiger partial charge in [0.15, 0.2) is 0 Å². The van der Waals surface area contributed by atoms with Crippen LogP contribution in [0.25, 0.3) is 0 Å². The smallest absolute Gasteiger partial charge is 0.203 e. The molecule has 0 spiro atoms. The second kappa shape index (κ2) is 4.90. The first kappa shape index (κ1) is 12.6.